The minimum Gasteiger partial charge on any atom is -0.490 e. The normalized spacial score (nSPS) is 13.9. The van der Waals surface area contributed by atoms with Gasteiger partial charge in [-0.15, -0.1) is 0 Å². The molecule has 1 aliphatic rings. The van der Waals surface area contributed by atoms with Gasteiger partial charge in [-0.1, -0.05) is 54.6 Å². The molecule has 0 unspecified atom stereocenters. The number of ether oxygens (including phenoxy) is 2. The van der Waals surface area contributed by atoms with Crippen LogP contribution in [0.15, 0.2) is 90.6 Å². The van der Waals surface area contributed by atoms with Crippen molar-refractivity contribution in [2.24, 2.45) is 0 Å². The lowest BCUT2D eigenvalue weighted by Gasteiger charge is -2.13. The number of anilines is 1. The minimum absolute atomic E-state index is 0.0700. The number of imide groups is 1. The van der Waals surface area contributed by atoms with E-state index in [1.807, 2.05) is 44.2 Å². The highest BCUT2D eigenvalue weighted by Crippen LogP contribution is 2.31. The van der Waals surface area contributed by atoms with Gasteiger partial charge in [-0.3, -0.25) is 9.59 Å². The lowest BCUT2D eigenvalue weighted by molar-refractivity contribution is -0.127. The van der Waals surface area contributed by atoms with Crippen molar-refractivity contribution in [1.82, 2.24) is 10.2 Å². The van der Waals surface area contributed by atoms with Gasteiger partial charge in [-0.25, -0.2) is 9.69 Å². The predicted octanol–water partition coefficient (Wildman–Crippen LogP) is 5.66. The molecular formula is C32H29N3O5. The third kappa shape index (κ3) is 6.13. The van der Waals surface area contributed by atoms with Gasteiger partial charge < -0.3 is 20.1 Å². The van der Waals surface area contributed by atoms with Crippen LogP contribution < -0.4 is 20.1 Å². The molecule has 0 atom stereocenters. The molecule has 202 valence electrons. The Balaban J connectivity index is 1.27. The molecule has 0 aliphatic carbocycles. The molecule has 1 saturated heterocycles. The van der Waals surface area contributed by atoms with Crippen molar-refractivity contribution in [3.8, 4) is 11.5 Å². The fraction of sp³-hybridized carbons (Fsp3) is 0.156. The van der Waals surface area contributed by atoms with Gasteiger partial charge in [0.15, 0.2) is 11.5 Å². The average molecular weight is 536 g/mol. The van der Waals surface area contributed by atoms with Gasteiger partial charge in [-0.05, 0) is 77.7 Å². The molecule has 1 heterocycles. The zero-order valence-electron chi connectivity index (χ0n) is 22.3. The van der Waals surface area contributed by atoms with E-state index in [2.05, 4.69) is 34.9 Å². The van der Waals surface area contributed by atoms with E-state index in [1.54, 1.807) is 36.4 Å². The van der Waals surface area contributed by atoms with Gasteiger partial charge in [0.05, 0.1) is 6.61 Å². The summed E-state index contributed by atoms with van der Waals surface area (Å²) in [6.07, 6.45) is 1.55. The van der Waals surface area contributed by atoms with Gasteiger partial charge in [0.25, 0.3) is 5.91 Å². The first-order chi connectivity index (χ1) is 19.4. The first kappa shape index (κ1) is 26.5. The number of fused-ring (bicyclic) bond motifs is 1. The summed E-state index contributed by atoms with van der Waals surface area (Å²) in [5, 5.41) is 7.57. The number of hydrogen-bond donors (Lipinski definition) is 2. The van der Waals surface area contributed by atoms with E-state index in [-0.39, 0.29) is 5.70 Å². The fourth-order valence-corrected chi connectivity index (χ4v) is 4.44. The molecule has 40 heavy (non-hydrogen) atoms. The quantitative estimate of drug-likeness (QED) is 0.213. The maximum Gasteiger partial charge on any atom is 0.329 e. The van der Waals surface area contributed by atoms with Crippen LogP contribution in [0.2, 0.25) is 0 Å². The van der Waals surface area contributed by atoms with Crippen LogP contribution in [0.3, 0.4) is 0 Å². The Morgan fingerprint density at radius 3 is 2.52 bits per heavy atom. The van der Waals surface area contributed by atoms with Crippen molar-refractivity contribution in [1.29, 1.82) is 0 Å². The molecule has 0 spiro atoms. The topological polar surface area (TPSA) is 97.0 Å². The molecule has 0 radical (unpaired) electrons. The van der Waals surface area contributed by atoms with Crippen LogP contribution in [0.5, 0.6) is 11.5 Å². The summed E-state index contributed by atoms with van der Waals surface area (Å²) in [5.41, 5.74) is 3.31. The fourth-order valence-electron chi connectivity index (χ4n) is 4.44. The SMILES string of the molecule is CCOc1cc(/C=C2/NC(=O)N(CC(=O)Nc3cccc(C)c3)C2=O)ccc1OCc1ccc2ccccc2c1. The zero-order chi connectivity index (χ0) is 28.1. The van der Waals surface area contributed by atoms with Gasteiger partial charge >= 0.3 is 6.03 Å². The number of aryl methyl sites for hydroxylation is 1. The maximum atomic E-state index is 12.9. The summed E-state index contributed by atoms with van der Waals surface area (Å²) in [6.45, 7) is 4.16. The molecule has 5 rings (SSSR count). The third-order valence-electron chi connectivity index (χ3n) is 6.35. The summed E-state index contributed by atoms with van der Waals surface area (Å²) in [7, 11) is 0. The number of amides is 4. The third-order valence-corrected chi connectivity index (χ3v) is 6.35. The Morgan fingerprint density at radius 2 is 1.73 bits per heavy atom. The second-order valence-electron chi connectivity index (χ2n) is 9.41. The van der Waals surface area contributed by atoms with E-state index in [4.69, 9.17) is 9.47 Å². The number of carbonyl (C=O) groups is 3. The average Bonchev–Trinajstić information content (AvgIpc) is 3.19. The number of nitrogens with one attached hydrogen (secondary N) is 2. The van der Waals surface area contributed by atoms with Crippen molar-refractivity contribution < 1.29 is 23.9 Å². The first-order valence-electron chi connectivity index (χ1n) is 13.0. The van der Waals surface area contributed by atoms with Crippen LogP contribution >= 0.6 is 0 Å². The second kappa shape index (κ2) is 11.7. The maximum absolute atomic E-state index is 12.9. The van der Waals surface area contributed by atoms with Crippen molar-refractivity contribution in [3.05, 3.63) is 107 Å². The molecule has 0 saturated carbocycles. The van der Waals surface area contributed by atoms with E-state index < -0.39 is 24.4 Å². The standard InChI is InChI=1S/C32H29N3O5/c1-3-39-29-18-22(12-14-28(29)40-20-23-11-13-24-8-4-5-9-25(24)16-23)17-27-31(37)35(32(38)34-27)19-30(36)33-26-10-6-7-21(2)15-26/h4-18H,3,19-20H2,1-2H3,(H,33,36)(H,34,38)/b27-17+. The van der Waals surface area contributed by atoms with E-state index in [0.717, 1.165) is 26.8 Å². The molecule has 1 fully saturated rings. The van der Waals surface area contributed by atoms with E-state index in [0.29, 0.717) is 36.0 Å². The molecular weight excluding hydrogens is 506 g/mol. The van der Waals surface area contributed by atoms with E-state index in [9.17, 15) is 14.4 Å². The summed E-state index contributed by atoms with van der Waals surface area (Å²) >= 11 is 0. The van der Waals surface area contributed by atoms with E-state index in [1.165, 1.54) is 0 Å². The highest BCUT2D eigenvalue weighted by Gasteiger charge is 2.35. The minimum atomic E-state index is -0.656. The molecule has 2 N–H and O–H groups in total. The van der Waals surface area contributed by atoms with Crippen molar-refractivity contribution in [2.45, 2.75) is 20.5 Å². The Morgan fingerprint density at radius 1 is 0.900 bits per heavy atom. The Bertz CT molecular complexity index is 1630. The number of nitrogens with zero attached hydrogens (tertiary/aromatic N) is 1. The zero-order valence-corrected chi connectivity index (χ0v) is 22.3. The number of benzene rings is 4. The Kier molecular flexibility index (Phi) is 7.77. The molecule has 8 nitrogen and oxygen atoms in total. The number of hydrogen-bond acceptors (Lipinski definition) is 5. The molecule has 0 aromatic heterocycles. The van der Waals surface area contributed by atoms with Gasteiger partial charge in [0.1, 0.15) is 18.8 Å². The Labute approximate surface area is 232 Å². The molecule has 1 aliphatic heterocycles. The highest BCUT2D eigenvalue weighted by atomic mass is 16.5. The second-order valence-corrected chi connectivity index (χ2v) is 9.41. The molecule has 4 aromatic carbocycles. The summed E-state index contributed by atoms with van der Waals surface area (Å²) < 4.78 is 11.9. The summed E-state index contributed by atoms with van der Waals surface area (Å²) in [4.78, 5) is 38.8. The monoisotopic (exact) mass is 535 g/mol. The molecule has 4 amide bonds. The lowest BCUT2D eigenvalue weighted by atomic mass is 10.1. The van der Waals surface area contributed by atoms with Crippen LogP contribution in [0.1, 0.15) is 23.6 Å². The van der Waals surface area contributed by atoms with Crippen LogP contribution in [-0.4, -0.2) is 35.9 Å². The Hall–Kier alpha value is -5.11. The largest absolute Gasteiger partial charge is 0.490 e. The van der Waals surface area contributed by atoms with E-state index >= 15 is 0 Å². The first-order valence-corrected chi connectivity index (χ1v) is 13.0. The lowest BCUT2D eigenvalue weighted by Crippen LogP contribution is -2.38. The smallest absolute Gasteiger partial charge is 0.329 e. The predicted molar refractivity (Wildman–Crippen MR) is 154 cm³/mol. The summed E-state index contributed by atoms with van der Waals surface area (Å²) in [5.74, 6) is 0.0260. The van der Waals surface area contributed by atoms with Crippen LogP contribution in [-0.2, 0) is 16.2 Å². The van der Waals surface area contributed by atoms with Crippen molar-refractivity contribution in [3.63, 3.8) is 0 Å². The van der Waals surface area contributed by atoms with Crippen molar-refractivity contribution >= 4 is 40.4 Å². The van der Waals surface area contributed by atoms with Crippen molar-refractivity contribution in [2.75, 3.05) is 18.5 Å². The molecule has 0 bridgehead atoms. The van der Waals surface area contributed by atoms with Crippen LogP contribution in [0, 0.1) is 6.92 Å². The van der Waals surface area contributed by atoms with Gasteiger partial charge in [0.2, 0.25) is 5.91 Å². The number of urea groups is 1. The van der Waals surface area contributed by atoms with Gasteiger partial charge in [0, 0.05) is 5.69 Å². The van der Waals surface area contributed by atoms with Crippen LogP contribution in [0.4, 0.5) is 10.5 Å². The van der Waals surface area contributed by atoms with Gasteiger partial charge in [-0.2, -0.15) is 0 Å². The summed E-state index contributed by atoms with van der Waals surface area (Å²) in [6, 6.07) is 26.2. The van der Waals surface area contributed by atoms with Crippen LogP contribution in [0.25, 0.3) is 16.8 Å². The highest BCUT2D eigenvalue weighted by molar-refractivity contribution is 6.16. The number of carbonyl (C=O) groups excluding carboxylic acids is 3. The molecule has 4 aromatic rings. The molecule has 8 heteroatoms. The number of rotatable bonds is 9.